The predicted octanol–water partition coefficient (Wildman–Crippen LogP) is 30.1. The molecule has 1 N–H and O–H groups in total. The number of nitrogens with zero attached hydrogens (tertiary/aromatic N) is 9. The van der Waals surface area contributed by atoms with Crippen LogP contribution in [0.2, 0.25) is 0 Å². The number of aliphatic hydroxyl groups excluding tert-OH is 1. The van der Waals surface area contributed by atoms with E-state index in [9.17, 15) is 9.18 Å². The van der Waals surface area contributed by atoms with Gasteiger partial charge < -0.3 is 48.3 Å². The molecule has 0 spiro atoms. The molecule has 0 saturated carbocycles. The molecule has 0 unspecified atom stereocenters. The fourth-order valence-corrected chi connectivity index (χ4v) is 14.0. The van der Waals surface area contributed by atoms with Crippen molar-refractivity contribution in [2.45, 2.75) is 77.6 Å². The van der Waals surface area contributed by atoms with Crippen molar-refractivity contribution in [3.05, 3.63) is 452 Å². The summed E-state index contributed by atoms with van der Waals surface area (Å²) in [5.74, 6) is -0.316. The second kappa shape index (κ2) is 52.6. The van der Waals surface area contributed by atoms with Crippen molar-refractivity contribution in [2.75, 3.05) is 0 Å². The van der Waals surface area contributed by atoms with Gasteiger partial charge in [0.15, 0.2) is 5.78 Å². The van der Waals surface area contributed by atoms with Gasteiger partial charge in [0.1, 0.15) is 11.4 Å². The van der Waals surface area contributed by atoms with Gasteiger partial charge in [-0.15, -0.1) is 198 Å². The molecule has 0 aliphatic heterocycles. The summed E-state index contributed by atoms with van der Waals surface area (Å²) < 4.78 is 52.9. The van der Waals surface area contributed by atoms with Crippen LogP contribution in [0.3, 0.4) is 0 Å². The number of benzene rings is 10. The van der Waals surface area contributed by atoms with Gasteiger partial charge in [0.25, 0.3) is 0 Å². The Morgan fingerprint density at radius 3 is 1.17 bits per heavy atom. The molecule has 14 nitrogen and oxygen atoms in total. The molecule has 690 valence electrons. The number of carbonyl (C=O) groups is 1. The molecule has 12 aromatic heterocycles. The van der Waals surface area contributed by atoms with E-state index in [0.29, 0.717) is 17.0 Å². The van der Waals surface area contributed by atoms with E-state index in [-0.39, 0.29) is 126 Å². The first kappa shape index (κ1) is 102. The van der Waals surface area contributed by atoms with Crippen molar-refractivity contribution in [1.29, 1.82) is 0 Å². The summed E-state index contributed by atoms with van der Waals surface area (Å²) >= 11 is 0. The Morgan fingerprint density at radius 2 is 0.750 bits per heavy atom. The number of rotatable bonds is 9. The molecule has 0 aliphatic rings. The maximum atomic E-state index is 13.2. The molecule has 12 heterocycles. The first-order valence-electron chi connectivity index (χ1n) is 42.9. The van der Waals surface area contributed by atoms with Crippen molar-refractivity contribution in [2.24, 2.45) is 0 Å². The van der Waals surface area contributed by atoms with Crippen LogP contribution in [-0.4, -0.2) is 55.7 Å². The van der Waals surface area contributed by atoms with Crippen LogP contribution in [0, 0.1) is 89.8 Å². The summed E-state index contributed by atoms with van der Waals surface area (Å²) in [5.41, 5.74) is 26.0. The number of allylic oxidation sites excluding steroid dienone is 2. The second-order valence-corrected chi connectivity index (χ2v) is 29.8. The molecule has 22 rings (SSSR count). The molecule has 0 aliphatic carbocycles. The van der Waals surface area contributed by atoms with Gasteiger partial charge in [-0.2, -0.15) is 0 Å². The number of halogens is 1. The van der Waals surface area contributed by atoms with Gasteiger partial charge in [0.05, 0.1) is 28.0 Å². The van der Waals surface area contributed by atoms with Crippen molar-refractivity contribution in [3.63, 3.8) is 0 Å². The van der Waals surface area contributed by atoms with E-state index in [0.717, 1.165) is 156 Å². The van der Waals surface area contributed by atoms with Crippen LogP contribution in [0.5, 0.6) is 0 Å². The van der Waals surface area contributed by atoms with Gasteiger partial charge in [-0.25, -0.2) is 14.4 Å². The number of furan rings is 3. The van der Waals surface area contributed by atoms with Crippen LogP contribution in [0.4, 0.5) is 4.39 Å². The monoisotopic (exact) mass is 2500 g/mol. The Bertz CT molecular complexity index is 7370. The van der Waals surface area contributed by atoms with Crippen LogP contribution in [0.1, 0.15) is 73.9 Å². The van der Waals surface area contributed by atoms with E-state index < -0.39 is 6.85 Å². The largest absolute Gasteiger partial charge is 0.512 e. The van der Waals surface area contributed by atoms with Crippen LogP contribution in [0.25, 0.3) is 167 Å². The summed E-state index contributed by atoms with van der Waals surface area (Å²) in [6, 6.07) is 125. The van der Waals surface area contributed by atoms with Crippen LogP contribution in [-0.2, 0) is 85.2 Å². The zero-order chi connectivity index (χ0) is 91.9. The third-order valence-electron chi connectivity index (χ3n) is 20.1. The SMILES string of the molecule is C.C.C.CC(=O)C=C(C)O.Cc1ccc2c(C)cc(-c3[c-]cccc3)nc2c1.Cc1ccc2c(c1)oc1c(-c3ccccn3)[c-]ccc12.Cc1ccc2c(n1)oc1c(-c3cc(-c4ccc(F)cc4)ccn3)[c-]ccc12.Cc1ccc2c(n1)oc1c(-c3ccccn3)[c-]ccc12.[2H]C([2H])([2H])c1ccc(-c2[c-]cccc2)nc1.[Ir].[Ir].[Ir].[Ir].[c-]1ccccc1-c1ccccn1.[c-]1ccccc1-c1ccccn1. The van der Waals surface area contributed by atoms with E-state index in [1.807, 2.05) is 250 Å². The summed E-state index contributed by atoms with van der Waals surface area (Å²) in [5, 5.41) is 15.9. The maximum absolute atomic E-state index is 13.2. The molecule has 0 saturated heterocycles. The summed E-state index contributed by atoms with van der Waals surface area (Å²) in [6.45, 7) is 10.9. The van der Waals surface area contributed by atoms with Gasteiger partial charge in [0.2, 0.25) is 11.4 Å². The number of carbonyl (C=O) groups excluding carboxylic acids is 1. The van der Waals surface area contributed by atoms with Crippen molar-refractivity contribution < 1.29 is 112 Å². The first-order chi connectivity index (χ1) is 64.2. The average molecular weight is 2500 g/mol. The number of ketones is 1. The van der Waals surface area contributed by atoms with Gasteiger partial charge in [-0.3, -0.25) is 9.78 Å². The number of pyridine rings is 9. The minimum atomic E-state index is -2.09. The number of fused-ring (bicyclic) bond motifs is 10. The van der Waals surface area contributed by atoms with E-state index in [4.69, 9.17) is 27.5 Å². The molecular formula is C117H97FIr4N9O5-7. The minimum absolute atomic E-state index is 0. The number of aromatic nitrogens is 9. The van der Waals surface area contributed by atoms with E-state index in [1.165, 1.54) is 60.3 Å². The van der Waals surface area contributed by atoms with E-state index in [2.05, 4.69) is 146 Å². The van der Waals surface area contributed by atoms with Crippen molar-refractivity contribution in [3.8, 4) is 89.9 Å². The molecule has 0 fully saturated rings. The number of aryl methyl sites for hydroxylation is 6. The maximum Gasteiger partial charge on any atom is 0.216 e. The van der Waals surface area contributed by atoms with Crippen LogP contribution in [0.15, 0.2) is 384 Å². The molecule has 0 bridgehead atoms. The summed E-state index contributed by atoms with van der Waals surface area (Å²) in [4.78, 5) is 49.5. The van der Waals surface area contributed by atoms with Gasteiger partial charge in [-0.1, -0.05) is 164 Å². The molecular weight excluding hydrogens is 2400 g/mol. The summed E-state index contributed by atoms with van der Waals surface area (Å²) in [6.07, 6.45) is 11.4. The minimum Gasteiger partial charge on any atom is -0.512 e. The average Bonchev–Trinajstić information content (AvgIpc) is 1.72. The quantitative estimate of drug-likeness (QED) is 0.0815. The fourth-order valence-electron chi connectivity index (χ4n) is 14.0. The molecule has 19 heteroatoms. The Kier molecular flexibility index (Phi) is 39.6. The number of hydrogen-bond acceptors (Lipinski definition) is 14. The zero-order valence-corrected chi connectivity index (χ0v) is 82.5. The zero-order valence-electron chi connectivity index (χ0n) is 76.0. The summed E-state index contributed by atoms with van der Waals surface area (Å²) in [7, 11) is 0. The van der Waals surface area contributed by atoms with Crippen molar-refractivity contribution >= 4 is 82.8 Å². The van der Waals surface area contributed by atoms with E-state index in [1.54, 1.807) is 61.3 Å². The molecule has 4 radical (unpaired) electrons. The number of hydrogen-bond donors (Lipinski definition) is 1. The third-order valence-corrected chi connectivity index (χ3v) is 20.1. The standard InChI is InChI=1S/C23H14FN2O.C18H12NO.C17H11N2O.C17H14N.C12H10N.2C11H8N.C5H8O2.3CH4.4Ir/c1-14-5-10-19-18-3-2-4-20(22(18)27-23(19)26-14)21-13-16(11-12-25-21)15-6-8-17(24)9-7-15;1-12-8-9-13-14-5-4-6-15(16-7-2-3-10-19-16)18(14)20-17(13)11-12;1-11-8-9-13-12-5-4-6-14(15-7-2-3-10-18-15)16(12)20-17(13)19-11;1-12-8-9-15-13(2)11-16(18-17(15)10-12)14-6-4-3-5-7-14;1-10-7-8-12(13-9-10)11-5-3-2-4-6-11;2*1-2-6-10(7-3-1)11-8-4-5-9-12-11;1-4(6)3-5(2)7;;;;;;;/h2-3,5-13H,1H3;2-5,7-11H,1H3;2-5,7-10H,1H3;3-6,8-11H,1-2H3;2-5,7-9H,1H3;2*1-6,8-9H;3,6H,1-2H3;3*1H4;;;;/q7*-1;;;;;;;;/i;;;;1D3;;;;;;;;;;. The van der Waals surface area contributed by atoms with Crippen molar-refractivity contribution in [1.82, 2.24) is 44.9 Å². The molecule has 136 heavy (non-hydrogen) atoms. The van der Waals surface area contributed by atoms with Gasteiger partial charge >= 0.3 is 0 Å². The van der Waals surface area contributed by atoms with Gasteiger partial charge in [0, 0.05) is 161 Å². The second-order valence-electron chi connectivity index (χ2n) is 29.8. The first-order valence-corrected chi connectivity index (χ1v) is 41.4. The normalized spacial score (nSPS) is 10.6. The Labute approximate surface area is 852 Å². The smallest absolute Gasteiger partial charge is 0.216 e. The topological polar surface area (TPSA) is 193 Å². The third kappa shape index (κ3) is 28.1. The predicted molar refractivity (Wildman–Crippen MR) is 536 cm³/mol. The van der Waals surface area contributed by atoms with Crippen LogP contribution >= 0.6 is 0 Å². The molecule has 0 atom stereocenters. The number of aliphatic hydroxyl groups is 1. The Balaban J connectivity index is 0.000000197. The molecule has 0 amide bonds. The Morgan fingerprint density at radius 1 is 0.346 bits per heavy atom. The van der Waals surface area contributed by atoms with E-state index >= 15 is 0 Å². The fraction of sp³-hybridized carbons (Fsp3) is 0.0940. The molecule has 22 aromatic rings. The molecule has 10 aromatic carbocycles. The van der Waals surface area contributed by atoms with Gasteiger partial charge in [-0.05, 0) is 207 Å². The Hall–Kier alpha value is -14.1. The van der Waals surface area contributed by atoms with Crippen LogP contribution < -0.4 is 0 Å².